The second-order valence-electron chi connectivity index (χ2n) is 4.64. The van der Waals surface area contributed by atoms with E-state index in [-0.39, 0.29) is 0 Å². The second-order valence-corrected chi connectivity index (χ2v) is 7.74. The van der Waals surface area contributed by atoms with Crippen molar-refractivity contribution >= 4 is 61.1 Å². The molecule has 1 aromatic carbocycles. The maximum absolute atomic E-state index is 4.78. The van der Waals surface area contributed by atoms with E-state index in [1.165, 1.54) is 9.99 Å². The van der Waals surface area contributed by atoms with Gasteiger partial charge in [-0.15, -0.1) is 0 Å². The van der Waals surface area contributed by atoms with Crippen LogP contribution in [0.25, 0.3) is 0 Å². The minimum Gasteiger partial charge on any atom is -0.335 e. The van der Waals surface area contributed by atoms with E-state index in [4.69, 9.17) is 4.99 Å². The third-order valence-corrected chi connectivity index (χ3v) is 6.13. The highest BCUT2D eigenvalue weighted by Crippen LogP contribution is 2.26. The van der Waals surface area contributed by atoms with Gasteiger partial charge in [0.1, 0.15) is 0 Å². The average Bonchev–Trinajstić information content (AvgIpc) is 2.34. The molecule has 0 aromatic heterocycles. The first kappa shape index (κ1) is 14.7. The second kappa shape index (κ2) is 6.61. The van der Waals surface area contributed by atoms with E-state index in [1.807, 2.05) is 11.8 Å². The predicted molar refractivity (Wildman–Crippen MR) is 93.6 cm³/mol. The van der Waals surface area contributed by atoms with Crippen LogP contribution in [0.5, 0.6) is 0 Å². The van der Waals surface area contributed by atoms with Crippen LogP contribution in [0.2, 0.25) is 0 Å². The molecule has 1 atom stereocenters. The van der Waals surface area contributed by atoms with Crippen molar-refractivity contribution < 1.29 is 0 Å². The van der Waals surface area contributed by atoms with Crippen molar-refractivity contribution in [2.75, 3.05) is 11.1 Å². The third kappa shape index (κ3) is 3.87. The standard InChI is InChI=1S/C13H16BrIN2S/c1-8(2)12-5-6-18-13(17-12)16-9-3-4-11(15)10(14)7-9/h3-4,7-8,12H,5-6H2,1-2H3,(H,16,17). The van der Waals surface area contributed by atoms with Crippen molar-refractivity contribution in [1.29, 1.82) is 0 Å². The zero-order valence-corrected chi connectivity index (χ0v) is 15.0. The maximum Gasteiger partial charge on any atom is 0.161 e. The first-order chi connectivity index (χ1) is 8.56. The highest BCUT2D eigenvalue weighted by molar-refractivity contribution is 14.1. The Kier molecular flexibility index (Phi) is 5.38. The minimum atomic E-state index is 0.459. The Balaban J connectivity index is 2.10. The van der Waals surface area contributed by atoms with Gasteiger partial charge in [-0.3, -0.25) is 4.99 Å². The molecule has 0 saturated heterocycles. The summed E-state index contributed by atoms with van der Waals surface area (Å²) in [4.78, 5) is 4.78. The van der Waals surface area contributed by atoms with E-state index >= 15 is 0 Å². The van der Waals surface area contributed by atoms with Gasteiger partial charge >= 0.3 is 0 Å². The Hall–Kier alpha value is 0.250. The summed E-state index contributed by atoms with van der Waals surface area (Å²) in [6.45, 7) is 4.48. The summed E-state index contributed by atoms with van der Waals surface area (Å²) in [7, 11) is 0. The van der Waals surface area contributed by atoms with Gasteiger partial charge in [-0.05, 0) is 69.1 Å². The van der Waals surface area contributed by atoms with E-state index in [0.29, 0.717) is 12.0 Å². The van der Waals surface area contributed by atoms with E-state index in [0.717, 1.165) is 21.1 Å². The number of nitrogens with one attached hydrogen (secondary N) is 1. The number of halogens is 2. The lowest BCUT2D eigenvalue weighted by atomic mass is 10.0. The average molecular weight is 439 g/mol. The first-order valence-corrected chi connectivity index (χ1v) is 8.84. The van der Waals surface area contributed by atoms with Crippen molar-refractivity contribution in [2.45, 2.75) is 26.3 Å². The summed E-state index contributed by atoms with van der Waals surface area (Å²) >= 11 is 7.68. The fourth-order valence-corrected chi connectivity index (χ4v) is 3.44. The summed E-state index contributed by atoms with van der Waals surface area (Å²) in [5.74, 6) is 1.77. The Morgan fingerprint density at radius 2 is 2.28 bits per heavy atom. The van der Waals surface area contributed by atoms with Gasteiger partial charge in [0.05, 0.1) is 6.04 Å². The van der Waals surface area contributed by atoms with Gasteiger partial charge in [-0.1, -0.05) is 25.6 Å². The van der Waals surface area contributed by atoms with Crippen LogP contribution in [-0.4, -0.2) is 17.0 Å². The summed E-state index contributed by atoms with van der Waals surface area (Å²) in [6, 6.07) is 6.75. The van der Waals surface area contributed by atoms with Gasteiger partial charge in [-0.25, -0.2) is 0 Å². The van der Waals surface area contributed by atoms with Gasteiger partial charge in [0, 0.05) is 19.5 Å². The Bertz CT molecular complexity index is 462. The molecule has 1 aliphatic heterocycles. The predicted octanol–water partition coefficient (Wildman–Crippen LogP) is 4.98. The van der Waals surface area contributed by atoms with Crippen molar-refractivity contribution in [2.24, 2.45) is 10.9 Å². The van der Waals surface area contributed by atoms with Crippen molar-refractivity contribution in [1.82, 2.24) is 0 Å². The topological polar surface area (TPSA) is 24.4 Å². The van der Waals surface area contributed by atoms with Gasteiger partial charge in [-0.2, -0.15) is 0 Å². The number of hydrogen-bond donors (Lipinski definition) is 1. The molecule has 2 nitrogen and oxygen atoms in total. The van der Waals surface area contributed by atoms with Crippen molar-refractivity contribution in [3.05, 3.63) is 26.2 Å². The molecule has 98 valence electrons. The molecule has 0 fully saturated rings. The molecule has 0 bridgehead atoms. The number of rotatable bonds is 2. The van der Waals surface area contributed by atoms with Gasteiger partial charge < -0.3 is 5.32 Å². The third-order valence-electron chi connectivity index (χ3n) is 2.88. The minimum absolute atomic E-state index is 0.459. The van der Waals surface area contributed by atoms with Crippen LogP contribution in [0.4, 0.5) is 5.69 Å². The lowest BCUT2D eigenvalue weighted by Crippen LogP contribution is -2.23. The van der Waals surface area contributed by atoms with E-state index in [1.54, 1.807) is 0 Å². The van der Waals surface area contributed by atoms with Crippen LogP contribution in [-0.2, 0) is 0 Å². The van der Waals surface area contributed by atoms with E-state index < -0.39 is 0 Å². The normalized spacial score (nSPS) is 19.8. The Morgan fingerprint density at radius 1 is 1.50 bits per heavy atom. The summed E-state index contributed by atoms with van der Waals surface area (Å²) in [5.41, 5.74) is 1.10. The van der Waals surface area contributed by atoms with Crippen LogP contribution in [0.15, 0.2) is 27.7 Å². The number of amidine groups is 1. The molecular formula is C13H16BrIN2S. The molecule has 1 heterocycles. The summed E-state index contributed by atoms with van der Waals surface area (Å²) in [5, 5.41) is 4.46. The molecule has 0 aliphatic carbocycles. The Morgan fingerprint density at radius 3 is 2.94 bits per heavy atom. The Labute approximate surface area is 135 Å². The van der Waals surface area contributed by atoms with Crippen LogP contribution < -0.4 is 5.32 Å². The van der Waals surface area contributed by atoms with Crippen LogP contribution in [0.3, 0.4) is 0 Å². The lowest BCUT2D eigenvalue weighted by Gasteiger charge is -2.23. The van der Waals surface area contributed by atoms with E-state index in [9.17, 15) is 0 Å². The molecule has 18 heavy (non-hydrogen) atoms. The van der Waals surface area contributed by atoms with Gasteiger partial charge in [0.2, 0.25) is 0 Å². The number of nitrogens with zero attached hydrogens (tertiary/aromatic N) is 1. The zero-order chi connectivity index (χ0) is 13.1. The van der Waals surface area contributed by atoms with Crippen LogP contribution in [0.1, 0.15) is 20.3 Å². The van der Waals surface area contributed by atoms with Gasteiger partial charge in [0.25, 0.3) is 0 Å². The zero-order valence-electron chi connectivity index (χ0n) is 10.4. The number of thioether (sulfide) groups is 1. The van der Waals surface area contributed by atoms with Crippen LogP contribution in [0, 0.1) is 9.49 Å². The number of benzene rings is 1. The first-order valence-electron chi connectivity index (χ1n) is 5.99. The number of hydrogen-bond acceptors (Lipinski definition) is 3. The number of aliphatic imine (C=N–C) groups is 1. The molecule has 0 spiro atoms. The molecule has 0 saturated carbocycles. The fraction of sp³-hybridized carbons (Fsp3) is 0.462. The largest absolute Gasteiger partial charge is 0.335 e. The molecule has 2 rings (SSSR count). The summed E-state index contributed by atoms with van der Waals surface area (Å²) in [6.07, 6.45) is 1.18. The molecular weight excluding hydrogens is 423 g/mol. The molecule has 5 heteroatoms. The molecule has 1 aliphatic rings. The monoisotopic (exact) mass is 438 g/mol. The highest BCUT2D eigenvalue weighted by atomic mass is 127. The van der Waals surface area contributed by atoms with Crippen LogP contribution >= 0.6 is 50.3 Å². The van der Waals surface area contributed by atoms with Gasteiger partial charge in [0.15, 0.2) is 5.17 Å². The van der Waals surface area contributed by atoms with E-state index in [2.05, 4.69) is 75.9 Å². The fourth-order valence-electron chi connectivity index (χ4n) is 1.78. The molecule has 1 aromatic rings. The molecule has 0 radical (unpaired) electrons. The van der Waals surface area contributed by atoms with Crippen molar-refractivity contribution in [3.8, 4) is 0 Å². The number of anilines is 1. The SMILES string of the molecule is CC(C)C1CCSC(Nc2ccc(I)c(Br)c2)=N1. The summed E-state index contributed by atoms with van der Waals surface area (Å²) < 4.78 is 2.34. The smallest absolute Gasteiger partial charge is 0.161 e. The lowest BCUT2D eigenvalue weighted by molar-refractivity contribution is 0.485. The molecule has 1 unspecified atom stereocenters. The maximum atomic E-state index is 4.78. The quantitative estimate of drug-likeness (QED) is 0.658. The molecule has 0 amide bonds. The highest BCUT2D eigenvalue weighted by Gasteiger charge is 2.18. The van der Waals surface area contributed by atoms with Crippen molar-refractivity contribution in [3.63, 3.8) is 0 Å². The molecule has 1 N–H and O–H groups in total.